The molecule has 2 rings (SSSR count). The predicted octanol–water partition coefficient (Wildman–Crippen LogP) is 0.958. The van der Waals surface area contributed by atoms with Crippen LogP contribution in [0, 0.1) is 0 Å². The molecular formula is C10H12N2. The first-order valence-electron chi connectivity index (χ1n) is 4.11. The first-order valence-corrected chi connectivity index (χ1v) is 4.11. The summed E-state index contributed by atoms with van der Waals surface area (Å²) in [6.07, 6.45) is 2.09. The van der Waals surface area contributed by atoms with Gasteiger partial charge in [0.05, 0.1) is 6.17 Å². The van der Waals surface area contributed by atoms with Crippen LogP contribution in [0.4, 0.5) is 0 Å². The lowest BCUT2D eigenvalue weighted by molar-refractivity contribution is 0.699. The quantitative estimate of drug-likeness (QED) is 0.642. The summed E-state index contributed by atoms with van der Waals surface area (Å²) in [5.41, 5.74) is 8.23. The van der Waals surface area contributed by atoms with Gasteiger partial charge in [0.1, 0.15) is 0 Å². The van der Waals surface area contributed by atoms with E-state index in [4.69, 9.17) is 5.73 Å². The summed E-state index contributed by atoms with van der Waals surface area (Å²) in [6, 6.07) is 10.3. The molecule has 1 aromatic rings. The maximum atomic E-state index is 5.67. The van der Waals surface area contributed by atoms with Crippen LogP contribution in [0.3, 0.4) is 0 Å². The second-order valence-corrected chi connectivity index (χ2v) is 2.96. The van der Waals surface area contributed by atoms with Crippen LogP contribution in [0.25, 0.3) is 5.57 Å². The minimum atomic E-state index is 0.0280. The van der Waals surface area contributed by atoms with E-state index in [1.165, 1.54) is 11.1 Å². The second-order valence-electron chi connectivity index (χ2n) is 2.96. The van der Waals surface area contributed by atoms with Crippen molar-refractivity contribution in [1.82, 2.24) is 5.32 Å². The Morgan fingerprint density at radius 3 is 2.58 bits per heavy atom. The van der Waals surface area contributed by atoms with Crippen molar-refractivity contribution in [3.8, 4) is 0 Å². The average molecular weight is 160 g/mol. The van der Waals surface area contributed by atoms with E-state index in [9.17, 15) is 0 Å². The van der Waals surface area contributed by atoms with Gasteiger partial charge < -0.3 is 5.73 Å². The fraction of sp³-hybridized carbons (Fsp3) is 0.200. The van der Waals surface area contributed by atoms with Gasteiger partial charge in [-0.1, -0.05) is 30.3 Å². The van der Waals surface area contributed by atoms with Crippen LogP contribution in [0.5, 0.6) is 0 Å². The zero-order chi connectivity index (χ0) is 8.39. The summed E-state index contributed by atoms with van der Waals surface area (Å²) < 4.78 is 0. The standard InChI is InChI=1S/C10H12N2/c11-10-6-9(7-12-10)8-4-2-1-3-5-8/h1-6,10,12H,7,11H2. The van der Waals surface area contributed by atoms with E-state index in [1.54, 1.807) is 0 Å². The SMILES string of the molecule is NC1C=C(c2ccccc2)CN1. The van der Waals surface area contributed by atoms with Crippen molar-refractivity contribution in [3.63, 3.8) is 0 Å². The summed E-state index contributed by atoms with van der Waals surface area (Å²) >= 11 is 0. The zero-order valence-electron chi connectivity index (χ0n) is 6.83. The van der Waals surface area contributed by atoms with Gasteiger partial charge in [-0.25, -0.2) is 0 Å². The van der Waals surface area contributed by atoms with Crippen molar-refractivity contribution < 1.29 is 0 Å². The molecule has 0 aromatic heterocycles. The van der Waals surface area contributed by atoms with Gasteiger partial charge in [-0.2, -0.15) is 0 Å². The molecule has 0 spiro atoms. The molecule has 2 heteroatoms. The van der Waals surface area contributed by atoms with Gasteiger partial charge in [-0.15, -0.1) is 0 Å². The summed E-state index contributed by atoms with van der Waals surface area (Å²) in [6.45, 7) is 0.880. The highest BCUT2D eigenvalue weighted by molar-refractivity contribution is 5.69. The minimum absolute atomic E-state index is 0.0280. The van der Waals surface area contributed by atoms with Crippen molar-refractivity contribution >= 4 is 5.57 Å². The van der Waals surface area contributed by atoms with E-state index < -0.39 is 0 Å². The lowest BCUT2D eigenvalue weighted by Gasteiger charge is -1.99. The molecule has 0 saturated heterocycles. The number of hydrogen-bond acceptors (Lipinski definition) is 2. The molecule has 0 fully saturated rings. The third-order valence-corrected chi connectivity index (χ3v) is 2.05. The maximum absolute atomic E-state index is 5.67. The van der Waals surface area contributed by atoms with Crippen molar-refractivity contribution in [2.45, 2.75) is 6.17 Å². The molecule has 1 aliphatic heterocycles. The van der Waals surface area contributed by atoms with Crippen LogP contribution >= 0.6 is 0 Å². The van der Waals surface area contributed by atoms with Crippen LogP contribution in [0.15, 0.2) is 36.4 Å². The Bertz CT molecular complexity index is 290. The van der Waals surface area contributed by atoms with Gasteiger partial charge in [0.15, 0.2) is 0 Å². The van der Waals surface area contributed by atoms with Crippen LogP contribution in [0.1, 0.15) is 5.56 Å². The fourth-order valence-corrected chi connectivity index (χ4v) is 1.41. The topological polar surface area (TPSA) is 38.0 Å². The molecule has 0 radical (unpaired) electrons. The van der Waals surface area contributed by atoms with E-state index >= 15 is 0 Å². The van der Waals surface area contributed by atoms with Gasteiger partial charge in [0.25, 0.3) is 0 Å². The van der Waals surface area contributed by atoms with Crippen molar-refractivity contribution in [2.24, 2.45) is 5.73 Å². The van der Waals surface area contributed by atoms with Crippen LogP contribution in [-0.2, 0) is 0 Å². The van der Waals surface area contributed by atoms with Crippen LogP contribution in [0.2, 0.25) is 0 Å². The molecule has 1 aliphatic rings. The Labute approximate surface area is 72.1 Å². The lowest BCUT2D eigenvalue weighted by atomic mass is 10.1. The van der Waals surface area contributed by atoms with Crippen molar-refractivity contribution in [1.29, 1.82) is 0 Å². The number of nitrogens with two attached hydrogens (primary N) is 1. The van der Waals surface area contributed by atoms with E-state index in [0.717, 1.165) is 6.54 Å². The molecule has 1 atom stereocenters. The number of benzene rings is 1. The largest absolute Gasteiger partial charge is 0.313 e. The van der Waals surface area contributed by atoms with Gasteiger partial charge in [-0.05, 0) is 17.2 Å². The molecule has 2 nitrogen and oxygen atoms in total. The lowest BCUT2D eigenvalue weighted by Crippen LogP contribution is -2.30. The second kappa shape index (κ2) is 3.09. The van der Waals surface area contributed by atoms with Crippen LogP contribution < -0.4 is 11.1 Å². The molecule has 0 bridgehead atoms. The zero-order valence-corrected chi connectivity index (χ0v) is 6.83. The first kappa shape index (κ1) is 7.53. The molecule has 0 aliphatic carbocycles. The minimum Gasteiger partial charge on any atom is -0.313 e. The monoisotopic (exact) mass is 160 g/mol. The molecule has 1 heterocycles. The van der Waals surface area contributed by atoms with Crippen molar-refractivity contribution in [2.75, 3.05) is 6.54 Å². The van der Waals surface area contributed by atoms with Gasteiger partial charge in [0, 0.05) is 6.54 Å². The predicted molar refractivity (Wildman–Crippen MR) is 50.4 cm³/mol. The van der Waals surface area contributed by atoms with Crippen LogP contribution in [-0.4, -0.2) is 12.7 Å². The molecule has 62 valence electrons. The highest BCUT2D eigenvalue weighted by Crippen LogP contribution is 2.16. The normalized spacial score (nSPS) is 22.4. The Morgan fingerprint density at radius 2 is 2.00 bits per heavy atom. The molecule has 0 amide bonds. The highest BCUT2D eigenvalue weighted by atomic mass is 15.0. The summed E-state index contributed by atoms with van der Waals surface area (Å²) in [7, 11) is 0. The summed E-state index contributed by atoms with van der Waals surface area (Å²) in [5.74, 6) is 0. The van der Waals surface area contributed by atoms with Gasteiger partial charge >= 0.3 is 0 Å². The number of nitrogens with one attached hydrogen (secondary N) is 1. The van der Waals surface area contributed by atoms with E-state index in [-0.39, 0.29) is 6.17 Å². The Morgan fingerprint density at radius 1 is 1.25 bits per heavy atom. The third kappa shape index (κ3) is 1.40. The smallest absolute Gasteiger partial charge is 0.0747 e. The Hall–Kier alpha value is -1.12. The molecule has 0 saturated carbocycles. The van der Waals surface area contributed by atoms with E-state index in [0.29, 0.717) is 0 Å². The number of hydrogen-bond donors (Lipinski definition) is 2. The number of rotatable bonds is 1. The first-order chi connectivity index (χ1) is 5.86. The van der Waals surface area contributed by atoms with Crippen molar-refractivity contribution in [3.05, 3.63) is 42.0 Å². The molecular weight excluding hydrogens is 148 g/mol. The fourth-order valence-electron chi connectivity index (χ4n) is 1.41. The van der Waals surface area contributed by atoms with E-state index in [1.807, 2.05) is 18.2 Å². The molecule has 1 aromatic carbocycles. The molecule has 1 unspecified atom stereocenters. The summed E-state index contributed by atoms with van der Waals surface area (Å²) in [4.78, 5) is 0. The molecule has 3 N–H and O–H groups in total. The Kier molecular flexibility index (Phi) is 1.94. The van der Waals surface area contributed by atoms with Gasteiger partial charge in [0.2, 0.25) is 0 Å². The van der Waals surface area contributed by atoms with Gasteiger partial charge in [-0.3, -0.25) is 5.32 Å². The summed E-state index contributed by atoms with van der Waals surface area (Å²) in [5, 5.41) is 3.15. The Balaban J connectivity index is 2.27. The highest BCUT2D eigenvalue weighted by Gasteiger charge is 2.10. The average Bonchev–Trinajstić information content (AvgIpc) is 2.54. The maximum Gasteiger partial charge on any atom is 0.0747 e. The third-order valence-electron chi connectivity index (χ3n) is 2.05. The molecule has 12 heavy (non-hydrogen) atoms. The van der Waals surface area contributed by atoms with E-state index in [2.05, 4.69) is 23.5 Å².